The van der Waals surface area contributed by atoms with E-state index in [4.69, 9.17) is 9.84 Å². The number of ether oxygens (including phenoxy) is 1. The molecule has 114 valence electrons. The number of hydrogen-bond donors (Lipinski definition) is 2. The quantitative estimate of drug-likeness (QED) is 0.891. The highest BCUT2D eigenvalue weighted by Gasteiger charge is 2.26. The van der Waals surface area contributed by atoms with Crippen LogP contribution >= 0.6 is 0 Å². The van der Waals surface area contributed by atoms with Crippen LogP contribution in [0.5, 0.6) is 0 Å². The number of carbonyl (C=O) groups is 2. The van der Waals surface area contributed by atoms with Crippen LogP contribution in [0.2, 0.25) is 0 Å². The van der Waals surface area contributed by atoms with E-state index in [1.165, 1.54) is 0 Å². The maximum atomic E-state index is 13.6. The predicted octanol–water partition coefficient (Wildman–Crippen LogP) is 2.02. The van der Waals surface area contributed by atoms with E-state index in [2.05, 4.69) is 5.32 Å². The van der Waals surface area contributed by atoms with Gasteiger partial charge < -0.3 is 20.1 Å². The molecular formula is C14H17FN2O4. The number of urea groups is 1. The fourth-order valence-corrected chi connectivity index (χ4v) is 2.34. The first kappa shape index (κ1) is 15.2. The Balaban J connectivity index is 2.03. The topological polar surface area (TPSA) is 78.9 Å². The van der Waals surface area contributed by atoms with Gasteiger partial charge in [-0.05, 0) is 24.6 Å². The lowest BCUT2D eigenvalue weighted by Crippen LogP contribution is -2.33. The molecule has 2 N–H and O–H groups in total. The van der Waals surface area contributed by atoms with Crippen LogP contribution in [-0.4, -0.2) is 48.8 Å². The molecule has 1 heterocycles. The highest BCUT2D eigenvalue weighted by molar-refractivity contribution is 5.93. The highest BCUT2D eigenvalue weighted by Crippen LogP contribution is 2.20. The van der Waals surface area contributed by atoms with Crippen LogP contribution in [0, 0.1) is 11.7 Å². The number of likely N-dealkylation sites (tertiary alicyclic amines) is 1. The van der Waals surface area contributed by atoms with Gasteiger partial charge in [0.2, 0.25) is 0 Å². The number of methoxy groups -OCH3 is 1. The van der Waals surface area contributed by atoms with Crippen molar-refractivity contribution in [1.82, 2.24) is 4.90 Å². The Morgan fingerprint density at radius 2 is 2.29 bits per heavy atom. The van der Waals surface area contributed by atoms with Crippen LogP contribution in [-0.2, 0) is 4.74 Å². The van der Waals surface area contributed by atoms with Crippen molar-refractivity contribution in [1.29, 1.82) is 0 Å². The number of hydrogen-bond acceptors (Lipinski definition) is 3. The molecule has 1 aromatic carbocycles. The molecule has 1 aliphatic heterocycles. The molecule has 0 radical (unpaired) electrons. The zero-order chi connectivity index (χ0) is 15.4. The van der Waals surface area contributed by atoms with E-state index < -0.39 is 17.8 Å². The monoisotopic (exact) mass is 296 g/mol. The molecule has 2 rings (SSSR count). The average molecular weight is 296 g/mol. The van der Waals surface area contributed by atoms with Crippen molar-refractivity contribution in [3.63, 3.8) is 0 Å². The summed E-state index contributed by atoms with van der Waals surface area (Å²) in [6.07, 6.45) is 0.832. The summed E-state index contributed by atoms with van der Waals surface area (Å²) in [5.74, 6) is -1.57. The molecule has 21 heavy (non-hydrogen) atoms. The summed E-state index contributed by atoms with van der Waals surface area (Å²) in [4.78, 5) is 24.5. The van der Waals surface area contributed by atoms with E-state index >= 15 is 0 Å². The molecule has 1 unspecified atom stereocenters. The zero-order valence-corrected chi connectivity index (χ0v) is 11.6. The Labute approximate surface area is 121 Å². The van der Waals surface area contributed by atoms with Gasteiger partial charge >= 0.3 is 12.0 Å². The number of nitrogens with zero attached hydrogens (tertiary/aromatic N) is 1. The van der Waals surface area contributed by atoms with E-state index in [1.807, 2.05) is 0 Å². The van der Waals surface area contributed by atoms with E-state index in [0.29, 0.717) is 19.7 Å². The second kappa shape index (κ2) is 6.53. The van der Waals surface area contributed by atoms with E-state index in [-0.39, 0.29) is 17.2 Å². The minimum atomic E-state index is -1.17. The van der Waals surface area contributed by atoms with Gasteiger partial charge in [-0.3, -0.25) is 0 Å². The molecule has 0 aliphatic carbocycles. The maximum absolute atomic E-state index is 13.6. The summed E-state index contributed by atoms with van der Waals surface area (Å²) in [5.41, 5.74) is -0.208. The van der Waals surface area contributed by atoms with Gasteiger partial charge in [-0.15, -0.1) is 0 Å². The molecule has 0 saturated carbocycles. The predicted molar refractivity (Wildman–Crippen MR) is 73.9 cm³/mol. The molecule has 0 bridgehead atoms. The fourth-order valence-electron chi connectivity index (χ4n) is 2.34. The third-order valence-electron chi connectivity index (χ3n) is 3.43. The number of carboxylic acids is 1. The number of halogens is 1. The van der Waals surface area contributed by atoms with Gasteiger partial charge in [0.15, 0.2) is 0 Å². The number of nitrogens with one attached hydrogen (secondary N) is 1. The fraction of sp³-hybridized carbons (Fsp3) is 0.429. The lowest BCUT2D eigenvalue weighted by Gasteiger charge is -2.17. The molecular weight excluding hydrogens is 279 g/mol. The Morgan fingerprint density at radius 1 is 1.52 bits per heavy atom. The number of carboxylic acid groups (broad SMARTS) is 1. The lowest BCUT2D eigenvalue weighted by molar-refractivity contribution is 0.0697. The van der Waals surface area contributed by atoms with Gasteiger partial charge in [0.05, 0.1) is 17.9 Å². The molecule has 6 nitrogen and oxygen atoms in total. The number of rotatable bonds is 4. The van der Waals surface area contributed by atoms with Crippen molar-refractivity contribution in [3.8, 4) is 0 Å². The minimum absolute atomic E-state index is 0.0784. The molecule has 0 spiro atoms. The summed E-state index contributed by atoms with van der Waals surface area (Å²) in [6.45, 7) is 1.69. The zero-order valence-electron chi connectivity index (χ0n) is 11.6. The Kier molecular flexibility index (Phi) is 4.74. The van der Waals surface area contributed by atoms with Gasteiger partial charge in [-0.25, -0.2) is 14.0 Å². The Morgan fingerprint density at radius 3 is 2.95 bits per heavy atom. The molecule has 1 aliphatic rings. The summed E-state index contributed by atoms with van der Waals surface area (Å²) in [6, 6.07) is 2.85. The second-order valence-corrected chi connectivity index (χ2v) is 4.99. The van der Waals surface area contributed by atoms with Crippen molar-refractivity contribution in [2.45, 2.75) is 6.42 Å². The molecule has 7 heteroatoms. The third kappa shape index (κ3) is 3.69. The van der Waals surface area contributed by atoms with E-state index in [9.17, 15) is 14.0 Å². The van der Waals surface area contributed by atoms with Gasteiger partial charge in [0.1, 0.15) is 5.82 Å². The molecule has 1 atom stereocenters. The largest absolute Gasteiger partial charge is 0.478 e. The van der Waals surface area contributed by atoms with Crippen molar-refractivity contribution >= 4 is 17.7 Å². The first-order valence-corrected chi connectivity index (χ1v) is 6.59. The Bertz CT molecular complexity index is 550. The summed E-state index contributed by atoms with van der Waals surface area (Å²) in [7, 11) is 1.61. The number of amides is 2. The third-order valence-corrected chi connectivity index (χ3v) is 3.43. The number of carbonyl (C=O) groups excluding carboxylic acids is 1. The van der Waals surface area contributed by atoms with E-state index in [0.717, 1.165) is 24.6 Å². The van der Waals surface area contributed by atoms with Gasteiger partial charge in [0, 0.05) is 26.1 Å². The van der Waals surface area contributed by atoms with Crippen LogP contribution < -0.4 is 5.32 Å². The molecule has 1 aromatic rings. The Hall–Kier alpha value is -2.15. The smallest absolute Gasteiger partial charge is 0.335 e. The van der Waals surface area contributed by atoms with Crippen LogP contribution in [0.4, 0.5) is 14.9 Å². The second-order valence-electron chi connectivity index (χ2n) is 4.99. The molecule has 0 aromatic heterocycles. The van der Waals surface area contributed by atoms with Gasteiger partial charge in [-0.2, -0.15) is 0 Å². The first-order chi connectivity index (χ1) is 10.0. The summed E-state index contributed by atoms with van der Waals surface area (Å²) < 4.78 is 18.7. The van der Waals surface area contributed by atoms with E-state index in [1.54, 1.807) is 12.0 Å². The lowest BCUT2D eigenvalue weighted by atomic mass is 10.1. The van der Waals surface area contributed by atoms with Crippen molar-refractivity contribution < 1.29 is 23.8 Å². The van der Waals surface area contributed by atoms with Crippen LogP contribution in [0.15, 0.2) is 18.2 Å². The highest BCUT2D eigenvalue weighted by atomic mass is 19.1. The SMILES string of the molecule is COCC1CCN(C(=O)Nc2cc(C(=O)O)ccc2F)C1. The van der Waals surface area contributed by atoms with Crippen molar-refractivity contribution in [3.05, 3.63) is 29.6 Å². The van der Waals surface area contributed by atoms with Crippen molar-refractivity contribution in [2.75, 3.05) is 32.1 Å². The summed E-state index contributed by atoms with van der Waals surface area (Å²) >= 11 is 0. The minimum Gasteiger partial charge on any atom is -0.478 e. The molecule has 1 saturated heterocycles. The molecule has 2 amide bonds. The van der Waals surface area contributed by atoms with Crippen molar-refractivity contribution in [2.24, 2.45) is 5.92 Å². The average Bonchev–Trinajstić information content (AvgIpc) is 2.90. The number of aromatic carboxylic acids is 1. The standard InChI is InChI=1S/C14H17FN2O4/c1-21-8-9-4-5-17(7-9)14(20)16-12-6-10(13(18)19)2-3-11(12)15/h2-3,6,9H,4-5,7-8H2,1H3,(H,16,20)(H,18,19). The van der Waals surface area contributed by atoms with Crippen LogP contribution in [0.25, 0.3) is 0 Å². The molecule has 1 fully saturated rings. The first-order valence-electron chi connectivity index (χ1n) is 6.59. The van der Waals surface area contributed by atoms with Crippen LogP contribution in [0.3, 0.4) is 0 Å². The summed E-state index contributed by atoms with van der Waals surface area (Å²) in [5, 5.41) is 11.3. The van der Waals surface area contributed by atoms with Gasteiger partial charge in [0.25, 0.3) is 0 Å². The maximum Gasteiger partial charge on any atom is 0.335 e. The number of anilines is 1. The van der Waals surface area contributed by atoms with Gasteiger partial charge in [-0.1, -0.05) is 0 Å². The normalized spacial score (nSPS) is 17.8. The number of benzene rings is 1. The van der Waals surface area contributed by atoms with Crippen LogP contribution in [0.1, 0.15) is 16.8 Å².